The SMILES string of the molecule is CCOC(=O)CCN(C)c1nc(C)cc(OC)n1. The number of hydrogen-bond donors (Lipinski definition) is 0. The molecular formula is C12H19N3O3. The second kappa shape index (κ2) is 6.78. The van der Waals surface area contributed by atoms with Crippen molar-refractivity contribution in [3.8, 4) is 5.88 Å². The van der Waals surface area contributed by atoms with Crippen molar-refractivity contribution in [1.29, 1.82) is 0 Å². The van der Waals surface area contributed by atoms with E-state index in [2.05, 4.69) is 9.97 Å². The highest BCUT2D eigenvalue weighted by atomic mass is 16.5. The molecule has 100 valence electrons. The van der Waals surface area contributed by atoms with Gasteiger partial charge in [-0.05, 0) is 13.8 Å². The summed E-state index contributed by atoms with van der Waals surface area (Å²) in [6.07, 6.45) is 0.309. The Morgan fingerprint density at radius 3 is 2.78 bits per heavy atom. The van der Waals surface area contributed by atoms with Crippen LogP contribution in [0, 0.1) is 6.92 Å². The van der Waals surface area contributed by atoms with Gasteiger partial charge in [0.05, 0.1) is 20.1 Å². The molecule has 1 aromatic rings. The second-order valence-electron chi connectivity index (χ2n) is 3.83. The lowest BCUT2D eigenvalue weighted by Gasteiger charge is -2.17. The molecule has 0 spiro atoms. The van der Waals surface area contributed by atoms with Crippen molar-refractivity contribution < 1.29 is 14.3 Å². The Morgan fingerprint density at radius 1 is 1.44 bits per heavy atom. The minimum atomic E-state index is -0.219. The topological polar surface area (TPSA) is 64.5 Å². The lowest BCUT2D eigenvalue weighted by atomic mass is 10.4. The van der Waals surface area contributed by atoms with E-state index in [1.54, 1.807) is 25.0 Å². The minimum absolute atomic E-state index is 0.219. The van der Waals surface area contributed by atoms with Gasteiger partial charge in [0, 0.05) is 25.4 Å². The van der Waals surface area contributed by atoms with Gasteiger partial charge in [-0.1, -0.05) is 0 Å². The Kier molecular flexibility index (Phi) is 5.35. The first kappa shape index (κ1) is 14.2. The van der Waals surface area contributed by atoms with Crippen LogP contribution in [-0.4, -0.2) is 43.2 Å². The monoisotopic (exact) mass is 253 g/mol. The van der Waals surface area contributed by atoms with Crippen LogP contribution in [-0.2, 0) is 9.53 Å². The van der Waals surface area contributed by atoms with Crippen molar-refractivity contribution in [3.63, 3.8) is 0 Å². The minimum Gasteiger partial charge on any atom is -0.481 e. The van der Waals surface area contributed by atoms with Crippen LogP contribution in [0.2, 0.25) is 0 Å². The number of nitrogens with zero attached hydrogens (tertiary/aromatic N) is 3. The third-order valence-corrected chi connectivity index (χ3v) is 2.33. The fourth-order valence-corrected chi connectivity index (χ4v) is 1.39. The normalized spacial score (nSPS) is 10.0. The average molecular weight is 253 g/mol. The highest BCUT2D eigenvalue weighted by Crippen LogP contribution is 2.14. The van der Waals surface area contributed by atoms with E-state index in [4.69, 9.17) is 9.47 Å². The molecular weight excluding hydrogens is 234 g/mol. The molecule has 0 fully saturated rings. The molecule has 1 aromatic heterocycles. The molecule has 6 nitrogen and oxygen atoms in total. The average Bonchev–Trinajstić information content (AvgIpc) is 2.35. The Hall–Kier alpha value is -1.85. The third kappa shape index (κ3) is 4.20. The summed E-state index contributed by atoms with van der Waals surface area (Å²) in [6.45, 7) is 4.56. The molecule has 0 atom stereocenters. The molecule has 6 heteroatoms. The predicted octanol–water partition coefficient (Wildman–Crippen LogP) is 1.18. The van der Waals surface area contributed by atoms with Crippen LogP contribution in [0.4, 0.5) is 5.95 Å². The van der Waals surface area contributed by atoms with Gasteiger partial charge in [0.15, 0.2) is 0 Å². The van der Waals surface area contributed by atoms with Crippen molar-refractivity contribution in [1.82, 2.24) is 9.97 Å². The van der Waals surface area contributed by atoms with E-state index in [-0.39, 0.29) is 5.97 Å². The second-order valence-corrected chi connectivity index (χ2v) is 3.83. The highest BCUT2D eigenvalue weighted by molar-refractivity contribution is 5.70. The predicted molar refractivity (Wildman–Crippen MR) is 67.8 cm³/mol. The fourth-order valence-electron chi connectivity index (χ4n) is 1.39. The number of esters is 1. The van der Waals surface area contributed by atoms with Crippen molar-refractivity contribution in [2.24, 2.45) is 0 Å². The molecule has 0 saturated carbocycles. The number of ether oxygens (including phenoxy) is 2. The molecule has 0 aliphatic carbocycles. The van der Waals surface area contributed by atoms with Crippen molar-refractivity contribution >= 4 is 11.9 Å². The molecule has 0 N–H and O–H groups in total. The lowest BCUT2D eigenvalue weighted by Crippen LogP contribution is -2.24. The van der Waals surface area contributed by atoms with Crippen LogP contribution in [0.5, 0.6) is 5.88 Å². The van der Waals surface area contributed by atoms with Crippen molar-refractivity contribution in [2.75, 3.05) is 32.2 Å². The maximum Gasteiger partial charge on any atom is 0.307 e. The summed E-state index contributed by atoms with van der Waals surface area (Å²) in [5, 5.41) is 0. The Balaban J connectivity index is 2.63. The number of rotatable bonds is 6. The zero-order valence-electron chi connectivity index (χ0n) is 11.3. The fraction of sp³-hybridized carbons (Fsp3) is 0.583. The summed E-state index contributed by atoms with van der Waals surface area (Å²) in [4.78, 5) is 21.6. The first-order valence-corrected chi connectivity index (χ1v) is 5.83. The smallest absolute Gasteiger partial charge is 0.307 e. The van der Waals surface area contributed by atoms with Gasteiger partial charge in [-0.2, -0.15) is 4.98 Å². The number of carbonyl (C=O) groups is 1. The van der Waals surface area contributed by atoms with Gasteiger partial charge in [0.25, 0.3) is 0 Å². The largest absolute Gasteiger partial charge is 0.481 e. The molecule has 0 saturated heterocycles. The molecule has 0 unspecified atom stereocenters. The quantitative estimate of drug-likeness (QED) is 0.709. The summed E-state index contributed by atoms with van der Waals surface area (Å²) in [5.41, 5.74) is 0.819. The molecule has 1 rings (SSSR count). The Morgan fingerprint density at radius 2 is 2.17 bits per heavy atom. The number of aromatic nitrogens is 2. The zero-order valence-corrected chi connectivity index (χ0v) is 11.3. The van der Waals surface area contributed by atoms with Gasteiger partial charge in [0.2, 0.25) is 11.8 Å². The van der Waals surface area contributed by atoms with E-state index < -0.39 is 0 Å². The van der Waals surface area contributed by atoms with E-state index in [1.807, 2.05) is 14.0 Å². The molecule has 0 aliphatic heterocycles. The van der Waals surface area contributed by atoms with Crippen molar-refractivity contribution in [2.45, 2.75) is 20.3 Å². The van der Waals surface area contributed by atoms with Crippen molar-refractivity contribution in [3.05, 3.63) is 11.8 Å². The maximum absolute atomic E-state index is 11.3. The highest BCUT2D eigenvalue weighted by Gasteiger charge is 2.10. The summed E-state index contributed by atoms with van der Waals surface area (Å²) >= 11 is 0. The van der Waals surface area contributed by atoms with Crippen LogP contribution < -0.4 is 9.64 Å². The van der Waals surface area contributed by atoms with Crippen LogP contribution in [0.15, 0.2) is 6.07 Å². The van der Waals surface area contributed by atoms with Crippen LogP contribution in [0.1, 0.15) is 19.0 Å². The van der Waals surface area contributed by atoms with E-state index in [1.165, 1.54) is 0 Å². The molecule has 0 aromatic carbocycles. The van der Waals surface area contributed by atoms with Gasteiger partial charge < -0.3 is 14.4 Å². The molecule has 18 heavy (non-hydrogen) atoms. The Bertz CT molecular complexity index is 410. The summed E-state index contributed by atoms with van der Waals surface area (Å²) < 4.78 is 9.95. The molecule has 0 radical (unpaired) electrons. The van der Waals surface area contributed by atoms with Gasteiger partial charge >= 0.3 is 5.97 Å². The van der Waals surface area contributed by atoms with E-state index in [0.717, 1.165) is 5.69 Å². The first-order chi connectivity index (χ1) is 8.56. The van der Waals surface area contributed by atoms with Gasteiger partial charge in [-0.15, -0.1) is 0 Å². The van der Waals surface area contributed by atoms with E-state index in [9.17, 15) is 4.79 Å². The maximum atomic E-state index is 11.3. The van der Waals surface area contributed by atoms with Crippen LogP contribution >= 0.6 is 0 Å². The summed E-state index contributed by atoms with van der Waals surface area (Å²) in [6, 6.07) is 1.75. The first-order valence-electron chi connectivity index (χ1n) is 5.83. The number of carbonyl (C=O) groups excluding carboxylic acids is 1. The van der Waals surface area contributed by atoms with Crippen LogP contribution in [0.3, 0.4) is 0 Å². The van der Waals surface area contributed by atoms with Gasteiger partial charge in [-0.25, -0.2) is 4.98 Å². The zero-order chi connectivity index (χ0) is 13.5. The molecule has 0 bridgehead atoms. The number of anilines is 1. The molecule has 0 aliphatic rings. The lowest BCUT2D eigenvalue weighted by molar-refractivity contribution is -0.142. The van der Waals surface area contributed by atoms with Crippen LogP contribution in [0.25, 0.3) is 0 Å². The number of methoxy groups -OCH3 is 1. The standard InChI is InChI=1S/C12H19N3O3/c1-5-18-11(16)6-7-15(3)12-13-9(2)8-10(14-12)17-4/h8H,5-7H2,1-4H3. The number of aryl methyl sites for hydroxylation is 1. The Labute approximate surface area is 107 Å². The van der Waals surface area contributed by atoms with E-state index >= 15 is 0 Å². The summed E-state index contributed by atoms with van der Waals surface area (Å²) in [7, 11) is 3.39. The van der Waals surface area contributed by atoms with Gasteiger partial charge in [0.1, 0.15) is 0 Å². The summed E-state index contributed by atoms with van der Waals surface area (Å²) in [5.74, 6) is 0.834. The van der Waals surface area contributed by atoms with E-state index in [0.29, 0.717) is 31.4 Å². The number of hydrogen-bond acceptors (Lipinski definition) is 6. The molecule has 1 heterocycles. The third-order valence-electron chi connectivity index (χ3n) is 2.33. The molecule has 0 amide bonds. The van der Waals surface area contributed by atoms with Gasteiger partial charge in [-0.3, -0.25) is 4.79 Å².